The molecule has 1 aliphatic rings. The number of aryl methyl sites for hydroxylation is 1. The van der Waals surface area contributed by atoms with Gasteiger partial charge in [0.1, 0.15) is 0 Å². The molecule has 1 aromatic carbocycles. The van der Waals surface area contributed by atoms with E-state index < -0.39 is 9.84 Å². The lowest BCUT2D eigenvalue weighted by molar-refractivity contribution is 0.262. The monoisotopic (exact) mass is 315 g/mol. The van der Waals surface area contributed by atoms with Crippen molar-refractivity contribution in [2.24, 2.45) is 0 Å². The lowest BCUT2D eigenvalue weighted by Crippen LogP contribution is -2.34. The van der Waals surface area contributed by atoms with Crippen molar-refractivity contribution in [3.8, 4) is 0 Å². The van der Waals surface area contributed by atoms with Gasteiger partial charge in [0.05, 0.1) is 16.9 Å². The molecule has 3 nitrogen and oxygen atoms in total. The number of nitrogens with zero attached hydrogens (tertiary/aromatic N) is 1. The van der Waals surface area contributed by atoms with Gasteiger partial charge < -0.3 is 4.90 Å². The van der Waals surface area contributed by atoms with Gasteiger partial charge in [0.2, 0.25) is 0 Å². The quantitative estimate of drug-likeness (QED) is 0.784. The molecule has 0 aromatic heterocycles. The topological polar surface area (TPSA) is 37.4 Å². The highest BCUT2D eigenvalue weighted by molar-refractivity contribution is 7.91. The van der Waals surface area contributed by atoms with Crippen LogP contribution in [0, 0.1) is 0 Å². The van der Waals surface area contributed by atoms with Crippen molar-refractivity contribution in [2.45, 2.75) is 31.2 Å². The van der Waals surface area contributed by atoms with E-state index >= 15 is 0 Å². The molecule has 1 saturated heterocycles. The molecule has 0 radical (unpaired) electrons. The minimum atomic E-state index is -2.83. The van der Waals surface area contributed by atoms with Gasteiger partial charge in [-0.15, -0.1) is 11.6 Å². The standard InChI is InChI=1S/C15H22ClNO2S/c1-3-12-4-6-13(7-5-12)15(16)10-17(2)14-8-9-20(18,19)11-14/h4-7,14-15H,3,8-11H2,1-2H3. The number of hydrogen-bond donors (Lipinski definition) is 0. The van der Waals surface area contributed by atoms with Crippen LogP contribution in [0.15, 0.2) is 24.3 Å². The third kappa shape index (κ3) is 3.96. The summed E-state index contributed by atoms with van der Waals surface area (Å²) in [6.07, 6.45) is 1.74. The summed E-state index contributed by atoms with van der Waals surface area (Å²) in [5.74, 6) is 0.571. The second-order valence-corrected chi connectivity index (χ2v) is 8.31. The number of halogens is 1. The average molecular weight is 316 g/mol. The SMILES string of the molecule is CCc1ccc(C(Cl)CN(C)C2CCS(=O)(=O)C2)cc1. The van der Waals surface area contributed by atoms with E-state index in [9.17, 15) is 8.42 Å². The largest absolute Gasteiger partial charge is 0.301 e. The fourth-order valence-corrected chi connectivity index (χ4v) is 4.76. The molecule has 112 valence electrons. The first-order valence-electron chi connectivity index (χ1n) is 7.05. The first-order chi connectivity index (χ1) is 9.41. The maximum absolute atomic E-state index is 11.5. The summed E-state index contributed by atoms with van der Waals surface area (Å²) in [6, 6.07) is 8.44. The molecule has 1 aliphatic heterocycles. The van der Waals surface area contributed by atoms with Crippen molar-refractivity contribution in [1.29, 1.82) is 0 Å². The van der Waals surface area contributed by atoms with Crippen LogP contribution in [0.2, 0.25) is 0 Å². The van der Waals surface area contributed by atoms with Gasteiger partial charge in [-0.25, -0.2) is 8.42 Å². The molecule has 2 rings (SSSR count). The Morgan fingerprint density at radius 1 is 1.35 bits per heavy atom. The Morgan fingerprint density at radius 2 is 2.00 bits per heavy atom. The molecule has 0 bridgehead atoms. The molecule has 5 heteroatoms. The highest BCUT2D eigenvalue weighted by Gasteiger charge is 2.31. The molecule has 1 aromatic rings. The Hall–Kier alpha value is -0.580. The molecule has 0 saturated carbocycles. The van der Waals surface area contributed by atoms with E-state index in [1.165, 1.54) is 5.56 Å². The molecule has 0 N–H and O–H groups in total. The zero-order valence-electron chi connectivity index (χ0n) is 12.0. The van der Waals surface area contributed by atoms with Crippen LogP contribution in [0.25, 0.3) is 0 Å². The zero-order valence-corrected chi connectivity index (χ0v) is 13.6. The van der Waals surface area contributed by atoms with Gasteiger partial charge in [0, 0.05) is 12.6 Å². The van der Waals surface area contributed by atoms with Crippen LogP contribution in [0.5, 0.6) is 0 Å². The van der Waals surface area contributed by atoms with Crippen molar-refractivity contribution in [3.63, 3.8) is 0 Å². The molecule has 1 heterocycles. The van der Waals surface area contributed by atoms with Crippen LogP contribution >= 0.6 is 11.6 Å². The lowest BCUT2D eigenvalue weighted by Gasteiger charge is -2.25. The number of likely N-dealkylation sites (N-methyl/N-ethyl adjacent to an activating group) is 1. The predicted molar refractivity (Wildman–Crippen MR) is 84.1 cm³/mol. The fourth-order valence-electron chi connectivity index (χ4n) is 2.59. The number of benzene rings is 1. The zero-order chi connectivity index (χ0) is 14.8. The summed E-state index contributed by atoms with van der Waals surface area (Å²) < 4.78 is 23.0. The highest BCUT2D eigenvalue weighted by Crippen LogP contribution is 2.25. The van der Waals surface area contributed by atoms with Crippen molar-refractivity contribution < 1.29 is 8.42 Å². The van der Waals surface area contributed by atoms with Gasteiger partial charge >= 0.3 is 0 Å². The Bertz CT molecular complexity index is 541. The van der Waals surface area contributed by atoms with E-state index in [1.807, 2.05) is 7.05 Å². The van der Waals surface area contributed by atoms with Gasteiger partial charge in [-0.1, -0.05) is 31.2 Å². The van der Waals surface area contributed by atoms with Crippen LogP contribution in [0.1, 0.15) is 29.8 Å². The van der Waals surface area contributed by atoms with E-state index in [0.717, 1.165) is 18.4 Å². The number of hydrogen-bond acceptors (Lipinski definition) is 3. The summed E-state index contributed by atoms with van der Waals surface area (Å²) in [5.41, 5.74) is 2.39. The van der Waals surface area contributed by atoms with Crippen LogP contribution in [0.4, 0.5) is 0 Å². The van der Waals surface area contributed by atoms with Gasteiger partial charge in [-0.2, -0.15) is 0 Å². The predicted octanol–water partition coefficient (Wildman–Crippen LogP) is 2.65. The maximum atomic E-state index is 11.5. The normalized spacial score (nSPS) is 23.1. The third-order valence-electron chi connectivity index (χ3n) is 4.03. The molecule has 1 fully saturated rings. The Morgan fingerprint density at radius 3 is 2.50 bits per heavy atom. The van der Waals surface area contributed by atoms with Crippen molar-refractivity contribution in [1.82, 2.24) is 4.90 Å². The minimum absolute atomic E-state index is 0.103. The van der Waals surface area contributed by atoms with E-state index in [4.69, 9.17) is 11.6 Å². The van der Waals surface area contributed by atoms with Gasteiger partial charge in [0.25, 0.3) is 0 Å². The summed E-state index contributed by atoms with van der Waals surface area (Å²) in [4.78, 5) is 2.08. The lowest BCUT2D eigenvalue weighted by atomic mass is 10.1. The van der Waals surface area contributed by atoms with Crippen LogP contribution in [-0.4, -0.2) is 44.5 Å². The van der Waals surface area contributed by atoms with Crippen molar-refractivity contribution in [3.05, 3.63) is 35.4 Å². The summed E-state index contributed by atoms with van der Waals surface area (Å²) in [5, 5.41) is -0.103. The van der Waals surface area contributed by atoms with Crippen LogP contribution in [0.3, 0.4) is 0 Å². The third-order valence-corrected chi connectivity index (χ3v) is 6.17. The van der Waals surface area contributed by atoms with Crippen molar-refractivity contribution in [2.75, 3.05) is 25.1 Å². The van der Waals surface area contributed by atoms with Crippen LogP contribution < -0.4 is 0 Å². The second-order valence-electron chi connectivity index (χ2n) is 5.56. The molecule has 0 spiro atoms. The van der Waals surface area contributed by atoms with E-state index in [-0.39, 0.29) is 17.2 Å². The summed E-state index contributed by atoms with van der Waals surface area (Å²) in [7, 11) is -0.875. The molecule has 2 atom stereocenters. The average Bonchev–Trinajstić information content (AvgIpc) is 2.79. The Balaban J connectivity index is 1.95. The highest BCUT2D eigenvalue weighted by atomic mass is 35.5. The van der Waals surface area contributed by atoms with E-state index in [2.05, 4.69) is 36.1 Å². The minimum Gasteiger partial charge on any atom is -0.301 e. The van der Waals surface area contributed by atoms with Gasteiger partial charge in [-0.3, -0.25) is 0 Å². The van der Waals surface area contributed by atoms with Crippen LogP contribution in [-0.2, 0) is 16.3 Å². The summed E-state index contributed by atoms with van der Waals surface area (Å²) in [6.45, 7) is 2.80. The first kappa shape index (κ1) is 15.8. The molecular formula is C15H22ClNO2S. The van der Waals surface area contributed by atoms with Gasteiger partial charge in [0.15, 0.2) is 9.84 Å². The maximum Gasteiger partial charge on any atom is 0.151 e. The molecule has 2 unspecified atom stereocenters. The number of rotatable bonds is 5. The molecular weight excluding hydrogens is 294 g/mol. The fraction of sp³-hybridized carbons (Fsp3) is 0.600. The van der Waals surface area contributed by atoms with E-state index in [1.54, 1.807) is 0 Å². The van der Waals surface area contributed by atoms with Gasteiger partial charge in [-0.05, 0) is 31.0 Å². The number of sulfone groups is 1. The Labute approximate surface area is 126 Å². The van der Waals surface area contributed by atoms with E-state index in [0.29, 0.717) is 12.3 Å². The molecule has 0 amide bonds. The number of alkyl halides is 1. The van der Waals surface area contributed by atoms with Crippen molar-refractivity contribution >= 4 is 21.4 Å². The molecule has 0 aliphatic carbocycles. The Kier molecular flexibility index (Phi) is 5.10. The second kappa shape index (κ2) is 6.46. The molecule has 20 heavy (non-hydrogen) atoms. The smallest absolute Gasteiger partial charge is 0.151 e. The first-order valence-corrected chi connectivity index (χ1v) is 9.30. The summed E-state index contributed by atoms with van der Waals surface area (Å²) >= 11 is 6.46.